The van der Waals surface area contributed by atoms with Crippen LogP contribution in [0.3, 0.4) is 0 Å². The molecular weight excluding hydrogens is 246 g/mol. The van der Waals surface area contributed by atoms with Crippen molar-refractivity contribution in [1.29, 1.82) is 0 Å². The molecule has 1 aliphatic rings. The van der Waals surface area contributed by atoms with E-state index in [0.29, 0.717) is 13.0 Å². The van der Waals surface area contributed by atoms with Gasteiger partial charge in [0.2, 0.25) is 0 Å². The van der Waals surface area contributed by atoms with E-state index in [1.807, 2.05) is 19.1 Å². The van der Waals surface area contributed by atoms with Crippen molar-refractivity contribution in [2.45, 2.75) is 19.4 Å². The van der Waals surface area contributed by atoms with Gasteiger partial charge in [0.05, 0.1) is 20.1 Å². The number of carboxylic acids is 1. The first-order valence-electron chi connectivity index (χ1n) is 6.25. The first-order valence-corrected chi connectivity index (χ1v) is 6.25. The van der Waals surface area contributed by atoms with Gasteiger partial charge in [-0.1, -0.05) is 0 Å². The van der Waals surface area contributed by atoms with Crippen LogP contribution in [0, 0.1) is 12.8 Å². The van der Waals surface area contributed by atoms with Crippen LogP contribution in [-0.4, -0.2) is 31.8 Å². The number of hydrogen-bond acceptors (Lipinski definition) is 4. The van der Waals surface area contributed by atoms with E-state index in [9.17, 15) is 4.79 Å². The number of ether oxygens (including phenoxy) is 2. The van der Waals surface area contributed by atoms with Gasteiger partial charge in [0.15, 0.2) is 0 Å². The van der Waals surface area contributed by atoms with Crippen LogP contribution in [0.2, 0.25) is 0 Å². The Balaban J connectivity index is 2.28. The van der Waals surface area contributed by atoms with Gasteiger partial charge in [-0.05, 0) is 31.0 Å². The van der Waals surface area contributed by atoms with Crippen LogP contribution in [-0.2, 0) is 4.79 Å². The number of rotatable bonds is 4. The van der Waals surface area contributed by atoms with Gasteiger partial charge in [-0.25, -0.2) is 0 Å². The third-order valence-electron chi connectivity index (χ3n) is 3.66. The first-order chi connectivity index (χ1) is 9.06. The van der Waals surface area contributed by atoms with Crippen molar-refractivity contribution in [2.24, 2.45) is 5.92 Å². The lowest BCUT2D eigenvalue weighted by molar-refractivity contribution is -0.141. The molecule has 2 N–H and O–H groups in total. The zero-order chi connectivity index (χ0) is 14.0. The molecule has 1 aromatic carbocycles. The molecule has 0 spiro atoms. The standard InChI is InChI=1S/C14H19NO4/c1-8-12(18-2)5-9(6-13(8)19-3)11-4-10(7-15-11)14(16)17/h5-6,10-11,15H,4,7H2,1-3H3,(H,16,17). The van der Waals surface area contributed by atoms with E-state index in [1.165, 1.54) is 0 Å². The maximum absolute atomic E-state index is 11.0. The maximum Gasteiger partial charge on any atom is 0.307 e. The number of nitrogens with one attached hydrogen (secondary N) is 1. The van der Waals surface area contributed by atoms with E-state index in [-0.39, 0.29) is 12.0 Å². The predicted octanol–water partition coefficient (Wildman–Crippen LogP) is 1.75. The molecule has 1 fully saturated rings. The summed E-state index contributed by atoms with van der Waals surface area (Å²) >= 11 is 0. The molecule has 1 heterocycles. The van der Waals surface area contributed by atoms with Crippen molar-refractivity contribution in [2.75, 3.05) is 20.8 Å². The van der Waals surface area contributed by atoms with Gasteiger partial charge in [0.1, 0.15) is 11.5 Å². The highest BCUT2D eigenvalue weighted by molar-refractivity contribution is 5.71. The van der Waals surface area contributed by atoms with Crippen LogP contribution in [0.1, 0.15) is 23.6 Å². The molecule has 0 amide bonds. The molecule has 0 saturated carbocycles. The van der Waals surface area contributed by atoms with Crippen LogP contribution in [0.25, 0.3) is 0 Å². The maximum atomic E-state index is 11.0. The SMILES string of the molecule is COc1cc(C2CC(C(=O)O)CN2)cc(OC)c1C. The summed E-state index contributed by atoms with van der Waals surface area (Å²) in [6.45, 7) is 2.43. The van der Waals surface area contributed by atoms with Crippen molar-refractivity contribution >= 4 is 5.97 Å². The summed E-state index contributed by atoms with van der Waals surface area (Å²) < 4.78 is 10.7. The van der Waals surface area contributed by atoms with Crippen LogP contribution in [0.15, 0.2) is 12.1 Å². The molecule has 0 bridgehead atoms. The molecule has 5 heteroatoms. The van der Waals surface area contributed by atoms with Crippen molar-refractivity contribution in [1.82, 2.24) is 5.32 Å². The van der Waals surface area contributed by atoms with Crippen LogP contribution >= 0.6 is 0 Å². The van der Waals surface area contributed by atoms with E-state index in [0.717, 1.165) is 22.6 Å². The first kappa shape index (κ1) is 13.7. The van der Waals surface area contributed by atoms with Crippen LogP contribution in [0.5, 0.6) is 11.5 Å². The van der Waals surface area contributed by atoms with Gasteiger partial charge in [-0.15, -0.1) is 0 Å². The summed E-state index contributed by atoms with van der Waals surface area (Å²) in [5, 5.41) is 12.3. The van der Waals surface area contributed by atoms with Gasteiger partial charge in [0, 0.05) is 18.2 Å². The van der Waals surface area contributed by atoms with Gasteiger partial charge in [0.25, 0.3) is 0 Å². The largest absolute Gasteiger partial charge is 0.496 e. The van der Waals surface area contributed by atoms with Gasteiger partial charge in [-0.2, -0.15) is 0 Å². The molecule has 0 radical (unpaired) electrons. The number of aliphatic carboxylic acids is 1. The lowest BCUT2D eigenvalue weighted by Crippen LogP contribution is -2.17. The quantitative estimate of drug-likeness (QED) is 0.868. The molecule has 0 aliphatic carbocycles. The number of methoxy groups -OCH3 is 2. The predicted molar refractivity (Wildman–Crippen MR) is 70.8 cm³/mol. The molecule has 2 atom stereocenters. The minimum absolute atomic E-state index is 0.0319. The third-order valence-corrected chi connectivity index (χ3v) is 3.66. The molecule has 1 aromatic rings. The zero-order valence-corrected chi connectivity index (χ0v) is 11.4. The van der Waals surface area contributed by atoms with Gasteiger partial charge >= 0.3 is 5.97 Å². The topological polar surface area (TPSA) is 67.8 Å². The van der Waals surface area contributed by atoms with Crippen molar-refractivity contribution in [3.8, 4) is 11.5 Å². The highest BCUT2D eigenvalue weighted by atomic mass is 16.5. The molecule has 19 heavy (non-hydrogen) atoms. The fourth-order valence-corrected chi connectivity index (χ4v) is 2.49. The van der Waals surface area contributed by atoms with Crippen molar-refractivity contribution < 1.29 is 19.4 Å². The fraction of sp³-hybridized carbons (Fsp3) is 0.500. The number of carboxylic acid groups (broad SMARTS) is 1. The molecule has 5 nitrogen and oxygen atoms in total. The second-order valence-electron chi connectivity index (χ2n) is 4.78. The minimum Gasteiger partial charge on any atom is -0.496 e. The fourth-order valence-electron chi connectivity index (χ4n) is 2.49. The van der Waals surface area contributed by atoms with E-state index in [1.54, 1.807) is 14.2 Å². The molecule has 2 unspecified atom stereocenters. The van der Waals surface area contributed by atoms with Crippen molar-refractivity contribution in [3.63, 3.8) is 0 Å². The highest BCUT2D eigenvalue weighted by Crippen LogP contribution is 2.35. The normalized spacial score (nSPS) is 22.3. The summed E-state index contributed by atoms with van der Waals surface area (Å²) in [4.78, 5) is 11.0. The van der Waals surface area contributed by atoms with E-state index >= 15 is 0 Å². The minimum atomic E-state index is -0.749. The van der Waals surface area contributed by atoms with Crippen molar-refractivity contribution in [3.05, 3.63) is 23.3 Å². The van der Waals surface area contributed by atoms with Crippen LogP contribution < -0.4 is 14.8 Å². The van der Waals surface area contributed by atoms with Gasteiger partial charge in [-0.3, -0.25) is 4.79 Å². The Morgan fingerprint density at radius 3 is 2.32 bits per heavy atom. The molecule has 104 valence electrons. The Morgan fingerprint density at radius 1 is 1.32 bits per heavy atom. The highest BCUT2D eigenvalue weighted by Gasteiger charge is 2.30. The summed E-state index contributed by atoms with van der Waals surface area (Å²) in [6, 6.07) is 3.92. The summed E-state index contributed by atoms with van der Waals surface area (Å²) in [6.07, 6.45) is 0.588. The Kier molecular flexibility index (Phi) is 3.95. The Hall–Kier alpha value is -1.75. The summed E-state index contributed by atoms with van der Waals surface area (Å²) in [5.41, 5.74) is 1.95. The third kappa shape index (κ3) is 2.66. The Bertz CT molecular complexity index is 461. The zero-order valence-electron chi connectivity index (χ0n) is 11.4. The van der Waals surface area contributed by atoms with Gasteiger partial charge < -0.3 is 19.9 Å². The molecular formula is C14H19NO4. The summed E-state index contributed by atoms with van der Waals surface area (Å²) in [5.74, 6) is 0.439. The monoisotopic (exact) mass is 265 g/mol. The van der Waals surface area contributed by atoms with Crippen LogP contribution in [0.4, 0.5) is 0 Å². The summed E-state index contributed by atoms with van der Waals surface area (Å²) in [7, 11) is 3.24. The van der Waals surface area contributed by atoms with E-state index in [4.69, 9.17) is 14.6 Å². The molecule has 2 rings (SSSR count). The lowest BCUT2D eigenvalue weighted by atomic mass is 9.98. The average molecular weight is 265 g/mol. The smallest absolute Gasteiger partial charge is 0.307 e. The van der Waals surface area contributed by atoms with E-state index in [2.05, 4.69) is 5.32 Å². The average Bonchev–Trinajstić information content (AvgIpc) is 2.89. The number of benzene rings is 1. The Labute approximate surface area is 112 Å². The number of carbonyl (C=O) groups is 1. The molecule has 1 saturated heterocycles. The second kappa shape index (κ2) is 5.48. The second-order valence-corrected chi connectivity index (χ2v) is 4.78. The molecule has 0 aromatic heterocycles. The number of hydrogen-bond donors (Lipinski definition) is 2. The lowest BCUT2D eigenvalue weighted by Gasteiger charge is -2.16. The Morgan fingerprint density at radius 2 is 1.89 bits per heavy atom. The van der Waals surface area contributed by atoms with E-state index < -0.39 is 5.97 Å². The molecule has 1 aliphatic heterocycles.